The molecule has 0 aromatic carbocycles. The van der Waals surface area contributed by atoms with Gasteiger partial charge in [-0.3, -0.25) is 4.68 Å². The van der Waals surface area contributed by atoms with Crippen LogP contribution in [0.2, 0.25) is 0 Å². The van der Waals surface area contributed by atoms with E-state index >= 15 is 0 Å². The number of aromatic nitrogens is 3. The van der Waals surface area contributed by atoms with Gasteiger partial charge in [-0.2, -0.15) is 0 Å². The number of aliphatic hydroxyl groups is 3. The first-order valence-corrected chi connectivity index (χ1v) is 6.70. The summed E-state index contributed by atoms with van der Waals surface area (Å²) in [5.74, 6) is 0.519. The molecule has 0 amide bonds. The highest BCUT2D eigenvalue weighted by Crippen LogP contribution is 2.29. The summed E-state index contributed by atoms with van der Waals surface area (Å²) in [5, 5.41) is 36.8. The molecule has 8 heteroatoms. The SMILES string of the molecule is CC1O[C@@H](SCc2cn(C)nn2)C(O)C(O)[C@@H]1O. The van der Waals surface area contributed by atoms with Crippen molar-refractivity contribution < 1.29 is 20.1 Å². The topological polar surface area (TPSA) is 101 Å². The van der Waals surface area contributed by atoms with Crippen LogP contribution < -0.4 is 0 Å². The van der Waals surface area contributed by atoms with Crippen LogP contribution in [-0.2, 0) is 17.5 Å². The maximum Gasteiger partial charge on any atom is 0.132 e. The fraction of sp³-hybridized carbons (Fsp3) is 0.800. The van der Waals surface area contributed by atoms with Crippen molar-refractivity contribution in [3.63, 3.8) is 0 Å². The van der Waals surface area contributed by atoms with E-state index in [0.717, 1.165) is 5.69 Å². The molecule has 0 spiro atoms. The minimum atomic E-state index is -1.19. The molecule has 0 saturated carbocycles. The number of ether oxygens (including phenoxy) is 1. The van der Waals surface area contributed by atoms with Crippen LogP contribution in [0.5, 0.6) is 0 Å². The first kappa shape index (κ1) is 13.8. The molecule has 3 N–H and O–H groups in total. The first-order valence-electron chi connectivity index (χ1n) is 5.65. The number of rotatable bonds is 3. The van der Waals surface area contributed by atoms with Crippen LogP contribution in [0.1, 0.15) is 12.6 Å². The van der Waals surface area contributed by atoms with Crippen LogP contribution in [-0.4, -0.2) is 60.2 Å². The molecule has 2 heterocycles. The van der Waals surface area contributed by atoms with E-state index in [2.05, 4.69) is 10.3 Å². The van der Waals surface area contributed by atoms with E-state index in [-0.39, 0.29) is 0 Å². The van der Waals surface area contributed by atoms with Gasteiger partial charge in [0.25, 0.3) is 0 Å². The average Bonchev–Trinajstić information content (AvgIpc) is 2.75. The van der Waals surface area contributed by atoms with Crippen molar-refractivity contribution in [1.29, 1.82) is 0 Å². The molecular weight excluding hydrogens is 258 g/mol. The van der Waals surface area contributed by atoms with E-state index in [1.807, 2.05) is 0 Å². The Labute approximate surface area is 109 Å². The number of nitrogens with zero attached hydrogens (tertiary/aromatic N) is 3. The predicted octanol–water partition coefficient (Wildman–Crippen LogP) is -1.12. The van der Waals surface area contributed by atoms with E-state index in [4.69, 9.17) is 4.74 Å². The second-order valence-electron chi connectivity index (χ2n) is 4.38. The maximum absolute atomic E-state index is 9.81. The molecule has 18 heavy (non-hydrogen) atoms. The minimum Gasteiger partial charge on any atom is -0.388 e. The summed E-state index contributed by atoms with van der Waals surface area (Å²) in [4.78, 5) is 0. The van der Waals surface area contributed by atoms with Crippen LogP contribution in [0.15, 0.2) is 6.20 Å². The molecule has 3 unspecified atom stereocenters. The molecule has 1 aromatic rings. The molecule has 1 aromatic heterocycles. The Morgan fingerprint density at radius 1 is 1.33 bits per heavy atom. The first-order chi connectivity index (χ1) is 8.49. The second kappa shape index (κ2) is 5.54. The van der Waals surface area contributed by atoms with E-state index < -0.39 is 29.9 Å². The maximum atomic E-state index is 9.81. The molecular formula is C10H17N3O4S. The summed E-state index contributed by atoms with van der Waals surface area (Å²) in [6.45, 7) is 1.66. The zero-order valence-corrected chi connectivity index (χ0v) is 11.0. The van der Waals surface area contributed by atoms with Gasteiger partial charge in [0.1, 0.15) is 23.7 Å². The van der Waals surface area contributed by atoms with Gasteiger partial charge in [0.05, 0.1) is 11.8 Å². The highest BCUT2D eigenvalue weighted by molar-refractivity contribution is 7.99. The van der Waals surface area contributed by atoms with Gasteiger partial charge >= 0.3 is 0 Å². The summed E-state index contributed by atoms with van der Waals surface area (Å²) < 4.78 is 7.05. The third-order valence-corrected chi connectivity index (χ3v) is 4.03. The number of aryl methyl sites for hydroxylation is 1. The summed E-state index contributed by atoms with van der Waals surface area (Å²) in [7, 11) is 1.77. The van der Waals surface area contributed by atoms with Crippen molar-refractivity contribution in [3.8, 4) is 0 Å². The smallest absolute Gasteiger partial charge is 0.132 e. The van der Waals surface area contributed by atoms with E-state index in [1.54, 1.807) is 24.9 Å². The van der Waals surface area contributed by atoms with Crippen molar-refractivity contribution >= 4 is 11.8 Å². The third-order valence-electron chi connectivity index (χ3n) is 2.85. The quantitative estimate of drug-likeness (QED) is 0.642. The lowest BCUT2D eigenvalue weighted by Crippen LogP contribution is -2.55. The van der Waals surface area contributed by atoms with Crippen molar-refractivity contribution in [2.75, 3.05) is 0 Å². The van der Waals surface area contributed by atoms with Crippen LogP contribution >= 0.6 is 11.8 Å². The van der Waals surface area contributed by atoms with Crippen molar-refractivity contribution in [3.05, 3.63) is 11.9 Å². The Morgan fingerprint density at radius 3 is 2.67 bits per heavy atom. The highest BCUT2D eigenvalue weighted by atomic mass is 32.2. The normalized spacial score (nSPS) is 36.8. The molecule has 0 bridgehead atoms. The van der Waals surface area contributed by atoms with Crippen molar-refractivity contribution in [2.45, 2.75) is 42.5 Å². The monoisotopic (exact) mass is 275 g/mol. The molecule has 1 saturated heterocycles. The molecule has 1 aliphatic heterocycles. The summed E-state index contributed by atoms with van der Waals surface area (Å²) in [5.41, 5.74) is 0.187. The van der Waals surface area contributed by atoms with Crippen LogP contribution in [0.4, 0.5) is 0 Å². The van der Waals surface area contributed by atoms with Gasteiger partial charge in [-0.1, -0.05) is 5.21 Å². The lowest BCUT2D eigenvalue weighted by molar-refractivity contribution is -0.192. The summed E-state index contributed by atoms with van der Waals surface area (Å²) in [6.07, 6.45) is -2.10. The molecule has 1 aliphatic rings. The lowest BCUT2D eigenvalue weighted by atomic mass is 10.0. The van der Waals surface area contributed by atoms with Gasteiger partial charge in [0.2, 0.25) is 0 Å². The third kappa shape index (κ3) is 2.83. The van der Waals surface area contributed by atoms with Crippen LogP contribution in [0.3, 0.4) is 0 Å². The Morgan fingerprint density at radius 2 is 2.06 bits per heavy atom. The number of thioether (sulfide) groups is 1. The van der Waals surface area contributed by atoms with Gasteiger partial charge < -0.3 is 20.1 Å². The lowest BCUT2D eigenvalue weighted by Gasteiger charge is -2.38. The van der Waals surface area contributed by atoms with Gasteiger partial charge in [0.15, 0.2) is 0 Å². The Balaban J connectivity index is 1.92. The second-order valence-corrected chi connectivity index (χ2v) is 5.46. The van der Waals surface area contributed by atoms with Gasteiger partial charge in [-0.25, -0.2) is 0 Å². The number of hydrogen-bond donors (Lipinski definition) is 3. The standard InChI is InChI=1S/C10H17N3O4S/c1-5-7(14)8(15)9(16)10(17-5)18-4-6-3-13(2)12-11-6/h3,5,7-10,14-16H,4H2,1-2H3/t5?,7-,8?,9?,10+/m1/s1. The fourth-order valence-electron chi connectivity index (χ4n) is 1.78. The molecule has 102 valence electrons. The van der Waals surface area contributed by atoms with E-state index in [1.165, 1.54) is 11.8 Å². The molecule has 0 radical (unpaired) electrons. The van der Waals surface area contributed by atoms with Gasteiger partial charge in [0, 0.05) is 19.0 Å². The highest BCUT2D eigenvalue weighted by Gasteiger charge is 2.41. The largest absolute Gasteiger partial charge is 0.388 e. The van der Waals surface area contributed by atoms with Crippen molar-refractivity contribution in [2.24, 2.45) is 7.05 Å². The Hall–Kier alpha value is -0.670. The minimum absolute atomic E-state index is 0.511. The van der Waals surface area contributed by atoms with Crippen molar-refractivity contribution in [1.82, 2.24) is 15.0 Å². The van der Waals surface area contributed by atoms with Crippen LogP contribution in [0.25, 0.3) is 0 Å². The fourth-order valence-corrected chi connectivity index (χ4v) is 2.86. The zero-order chi connectivity index (χ0) is 13.3. The van der Waals surface area contributed by atoms with Gasteiger partial charge in [-0.15, -0.1) is 16.9 Å². The van der Waals surface area contributed by atoms with E-state index in [9.17, 15) is 15.3 Å². The Bertz CT molecular complexity index is 402. The summed E-state index contributed by atoms with van der Waals surface area (Å²) in [6, 6.07) is 0. The molecule has 7 nitrogen and oxygen atoms in total. The Kier molecular flexibility index (Phi) is 4.23. The molecule has 2 rings (SSSR count). The van der Waals surface area contributed by atoms with Gasteiger partial charge in [-0.05, 0) is 6.92 Å². The number of hydrogen-bond acceptors (Lipinski definition) is 7. The average molecular weight is 275 g/mol. The zero-order valence-electron chi connectivity index (χ0n) is 10.2. The molecule has 1 fully saturated rings. The van der Waals surface area contributed by atoms with Crippen LogP contribution in [0, 0.1) is 0 Å². The predicted molar refractivity (Wildman–Crippen MR) is 64.7 cm³/mol. The summed E-state index contributed by atoms with van der Waals surface area (Å²) >= 11 is 1.32. The van der Waals surface area contributed by atoms with E-state index in [0.29, 0.717) is 5.75 Å². The molecule has 0 aliphatic carbocycles. The molecule has 5 atom stereocenters. The number of aliphatic hydroxyl groups excluding tert-OH is 3.